The Kier molecular flexibility index (Phi) is 4.00. The summed E-state index contributed by atoms with van der Waals surface area (Å²) < 4.78 is 0. The molecule has 0 spiro atoms. The number of pyridine rings is 1. The monoisotopic (exact) mass is 252 g/mol. The second-order valence-corrected chi connectivity index (χ2v) is 4.89. The lowest BCUT2D eigenvalue weighted by atomic mass is 10.2. The van der Waals surface area contributed by atoms with Crippen LogP contribution >= 0.6 is 11.6 Å². The third kappa shape index (κ3) is 3.19. The lowest BCUT2D eigenvalue weighted by Gasteiger charge is -2.22. The minimum atomic E-state index is 0.0110. The number of rotatable bonds is 5. The van der Waals surface area contributed by atoms with Gasteiger partial charge in [-0.3, -0.25) is 4.79 Å². The second kappa shape index (κ2) is 5.50. The molecule has 1 fully saturated rings. The minimum absolute atomic E-state index is 0.0110. The maximum absolute atomic E-state index is 12.3. The maximum atomic E-state index is 12.3. The molecule has 0 saturated heterocycles. The predicted octanol–water partition coefficient (Wildman–Crippen LogP) is 3.00. The van der Waals surface area contributed by atoms with E-state index in [0.29, 0.717) is 16.6 Å². The van der Waals surface area contributed by atoms with Crippen molar-refractivity contribution in [2.75, 3.05) is 13.1 Å². The molecule has 1 aromatic rings. The van der Waals surface area contributed by atoms with Crippen LogP contribution in [0.4, 0.5) is 0 Å². The van der Waals surface area contributed by atoms with Gasteiger partial charge >= 0.3 is 0 Å². The highest BCUT2D eigenvalue weighted by Gasteiger charge is 2.27. The van der Waals surface area contributed by atoms with Gasteiger partial charge in [0.15, 0.2) is 0 Å². The molecular weight excluding hydrogens is 236 g/mol. The second-order valence-electron chi connectivity index (χ2n) is 4.54. The molecule has 0 N–H and O–H groups in total. The fourth-order valence-electron chi connectivity index (χ4n) is 1.87. The summed E-state index contributed by atoms with van der Waals surface area (Å²) in [6.45, 7) is 3.73. The van der Waals surface area contributed by atoms with Gasteiger partial charge < -0.3 is 4.90 Å². The fourth-order valence-corrected chi connectivity index (χ4v) is 2.07. The quantitative estimate of drug-likeness (QED) is 0.755. The van der Waals surface area contributed by atoms with E-state index >= 15 is 0 Å². The lowest BCUT2D eigenvalue weighted by molar-refractivity contribution is 0.0747. The molecule has 3 nitrogen and oxygen atoms in total. The van der Waals surface area contributed by atoms with Crippen LogP contribution in [0.5, 0.6) is 0 Å². The summed E-state index contributed by atoms with van der Waals surface area (Å²) in [6.07, 6.45) is 5.06. The fraction of sp³-hybridized carbons (Fsp3) is 0.538. The number of carbonyl (C=O) groups excluding carboxylic acids is 1. The SMILES string of the molecule is CCCN(CC1CC1)C(=O)c1cccnc1Cl. The molecule has 0 unspecified atom stereocenters. The highest BCUT2D eigenvalue weighted by atomic mass is 35.5. The van der Waals surface area contributed by atoms with Gasteiger partial charge in [0.2, 0.25) is 0 Å². The number of aromatic nitrogens is 1. The zero-order valence-corrected chi connectivity index (χ0v) is 10.8. The first-order chi connectivity index (χ1) is 8.22. The van der Waals surface area contributed by atoms with Crippen molar-refractivity contribution in [1.82, 2.24) is 9.88 Å². The van der Waals surface area contributed by atoms with Gasteiger partial charge in [-0.2, -0.15) is 0 Å². The first-order valence-corrected chi connectivity index (χ1v) is 6.50. The largest absolute Gasteiger partial charge is 0.338 e. The van der Waals surface area contributed by atoms with Crippen LogP contribution in [0.3, 0.4) is 0 Å². The van der Waals surface area contributed by atoms with Gasteiger partial charge in [-0.05, 0) is 37.3 Å². The minimum Gasteiger partial charge on any atom is -0.338 e. The van der Waals surface area contributed by atoms with Crippen molar-refractivity contribution < 1.29 is 4.79 Å². The molecule has 0 bridgehead atoms. The standard InChI is InChI=1S/C13H17ClN2O/c1-2-8-16(9-10-5-6-10)13(17)11-4-3-7-15-12(11)14/h3-4,7,10H,2,5-6,8-9H2,1H3. The van der Waals surface area contributed by atoms with Crippen LogP contribution in [0.25, 0.3) is 0 Å². The molecule has 0 aliphatic heterocycles. The molecule has 1 amide bonds. The normalized spacial score (nSPS) is 14.7. The molecule has 0 radical (unpaired) electrons. The van der Waals surface area contributed by atoms with Crippen molar-refractivity contribution in [2.45, 2.75) is 26.2 Å². The van der Waals surface area contributed by atoms with Gasteiger partial charge in [0.25, 0.3) is 5.91 Å². The molecule has 17 heavy (non-hydrogen) atoms. The molecule has 1 aliphatic carbocycles. The average Bonchev–Trinajstić information content (AvgIpc) is 3.12. The summed E-state index contributed by atoms with van der Waals surface area (Å²) in [4.78, 5) is 18.2. The Bertz CT molecular complexity index is 404. The van der Waals surface area contributed by atoms with Gasteiger partial charge in [-0.1, -0.05) is 18.5 Å². The number of hydrogen-bond acceptors (Lipinski definition) is 2. The summed E-state index contributed by atoms with van der Waals surface area (Å²) in [7, 11) is 0. The zero-order valence-electron chi connectivity index (χ0n) is 10.0. The Balaban J connectivity index is 2.11. The van der Waals surface area contributed by atoms with Crippen LogP contribution in [-0.2, 0) is 0 Å². The van der Waals surface area contributed by atoms with E-state index in [0.717, 1.165) is 19.5 Å². The molecule has 1 heterocycles. The molecule has 2 rings (SSSR count). The number of hydrogen-bond donors (Lipinski definition) is 0. The van der Waals surface area contributed by atoms with E-state index in [1.54, 1.807) is 18.3 Å². The Morgan fingerprint density at radius 3 is 2.94 bits per heavy atom. The van der Waals surface area contributed by atoms with Crippen LogP contribution in [0.15, 0.2) is 18.3 Å². The Morgan fingerprint density at radius 1 is 1.59 bits per heavy atom. The summed E-state index contributed by atoms with van der Waals surface area (Å²) in [6, 6.07) is 3.49. The molecule has 1 saturated carbocycles. The van der Waals surface area contributed by atoms with Crippen molar-refractivity contribution in [3.05, 3.63) is 29.0 Å². The zero-order chi connectivity index (χ0) is 12.3. The van der Waals surface area contributed by atoms with Gasteiger partial charge in [0.1, 0.15) is 5.15 Å². The molecular formula is C13H17ClN2O. The number of carbonyl (C=O) groups is 1. The summed E-state index contributed by atoms with van der Waals surface area (Å²) in [5, 5.41) is 0.300. The van der Waals surface area contributed by atoms with E-state index < -0.39 is 0 Å². The van der Waals surface area contributed by atoms with Crippen molar-refractivity contribution in [1.29, 1.82) is 0 Å². The molecule has 0 aromatic carbocycles. The first-order valence-electron chi connectivity index (χ1n) is 6.12. The molecule has 0 atom stereocenters. The number of nitrogens with zero attached hydrogens (tertiary/aromatic N) is 2. The topological polar surface area (TPSA) is 33.2 Å². The van der Waals surface area contributed by atoms with Crippen LogP contribution in [0.2, 0.25) is 5.15 Å². The summed E-state index contributed by atoms with van der Waals surface area (Å²) in [5.41, 5.74) is 0.517. The molecule has 92 valence electrons. The summed E-state index contributed by atoms with van der Waals surface area (Å²) >= 11 is 5.96. The van der Waals surface area contributed by atoms with E-state index in [1.165, 1.54) is 12.8 Å². The third-order valence-electron chi connectivity index (χ3n) is 2.95. The van der Waals surface area contributed by atoms with E-state index in [-0.39, 0.29) is 5.91 Å². The van der Waals surface area contributed by atoms with Crippen LogP contribution in [0, 0.1) is 5.92 Å². The molecule has 4 heteroatoms. The maximum Gasteiger partial charge on any atom is 0.256 e. The Hall–Kier alpha value is -1.09. The van der Waals surface area contributed by atoms with Gasteiger partial charge in [0, 0.05) is 19.3 Å². The molecule has 1 aliphatic rings. The van der Waals surface area contributed by atoms with E-state index in [9.17, 15) is 4.79 Å². The highest BCUT2D eigenvalue weighted by Crippen LogP contribution is 2.30. The third-order valence-corrected chi connectivity index (χ3v) is 3.25. The lowest BCUT2D eigenvalue weighted by Crippen LogP contribution is -2.33. The van der Waals surface area contributed by atoms with Crippen molar-refractivity contribution in [3.63, 3.8) is 0 Å². The van der Waals surface area contributed by atoms with Gasteiger partial charge in [0.05, 0.1) is 5.56 Å². The van der Waals surface area contributed by atoms with E-state index in [4.69, 9.17) is 11.6 Å². The van der Waals surface area contributed by atoms with Crippen molar-refractivity contribution in [2.24, 2.45) is 5.92 Å². The average molecular weight is 253 g/mol. The van der Waals surface area contributed by atoms with E-state index in [1.807, 2.05) is 4.90 Å². The van der Waals surface area contributed by atoms with Crippen LogP contribution < -0.4 is 0 Å². The van der Waals surface area contributed by atoms with Crippen molar-refractivity contribution >= 4 is 17.5 Å². The molecule has 1 aromatic heterocycles. The van der Waals surface area contributed by atoms with Gasteiger partial charge in [-0.15, -0.1) is 0 Å². The van der Waals surface area contributed by atoms with Crippen molar-refractivity contribution in [3.8, 4) is 0 Å². The number of halogens is 1. The first kappa shape index (κ1) is 12.4. The summed E-state index contributed by atoms with van der Waals surface area (Å²) in [5.74, 6) is 0.706. The predicted molar refractivity (Wildman–Crippen MR) is 68.2 cm³/mol. The Labute approximate surface area is 107 Å². The van der Waals surface area contributed by atoms with Crippen LogP contribution in [0.1, 0.15) is 36.5 Å². The number of amides is 1. The van der Waals surface area contributed by atoms with E-state index in [2.05, 4.69) is 11.9 Å². The van der Waals surface area contributed by atoms with Gasteiger partial charge in [-0.25, -0.2) is 4.98 Å². The van der Waals surface area contributed by atoms with Crippen LogP contribution in [-0.4, -0.2) is 28.9 Å². The Morgan fingerprint density at radius 2 is 2.35 bits per heavy atom. The highest BCUT2D eigenvalue weighted by molar-refractivity contribution is 6.32. The smallest absolute Gasteiger partial charge is 0.256 e.